The Morgan fingerprint density at radius 3 is 2.26 bits per heavy atom. The zero-order valence-electron chi connectivity index (χ0n) is 22.4. The molecule has 0 saturated heterocycles. The molecule has 1 aromatic heterocycles. The van der Waals surface area contributed by atoms with Crippen molar-refractivity contribution >= 4 is 40.4 Å². The van der Waals surface area contributed by atoms with E-state index in [0.29, 0.717) is 40.6 Å². The Bertz CT molecular complexity index is 1290. The SMILES string of the molecule is COc1ccc2c(c1)c(CC(=O)NCCOCCNC(=O)OC(C)(C)C)c(C)n2C(=O)c1ccc(Cl)cc1. The van der Waals surface area contributed by atoms with Gasteiger partial charge in [-0.15, -0.1) is 0 Å². The molecule has 0 fully saturated rings. The van der Waals surface area contributed by atoms with Crippen molar-refractivity contribution in [3.05, 3.63) is 64.3 Å². The molecule has 9 nitrogen and oxygen atoms in total. The molecule has 0 radical (unpaired) electrons. The van der Waals surface area contributed by atoms with E-state index in [4.69, 9.17) is 25.8 Å². The van der Waals surface area contributed by atoms with Gasteiger partial charge in [0, 0.05) is 34.8 Å². The standard InChI is InChI=1S/C28H34ClN3O6/c1-18-22(17-25(33)30-12-14-37-15-13-31-27(35)38-28(2,3)4)23-16-21(36-5)10-11-24(23)32(18)26(34)19-6-8-20(29)9-7-19/h6-11,16H,12-15,17H2,1-5H3,(H,30,33)(H,31,35). The van der Waals surface area contributed by atoms with Crippen LogP contribution in [-0.4, -0.2) is 61.5 Å². The second-order valence-corrected chi connectivity index (χ2v) is 10.1. The molecule has 1 heterocycles. The highest BCUT2D eigenvalue weighted by Gasteiger charge is 2.22. The lowest BCUT2D eigenvalue weighted by Crippen LogP contribution is -2.34. The molecule has 204 valence electrons. The third-order valence-corrected chi connectivity index (χ3v) is 5.91. The molecule has 2 aromatic carbocycles. The minimum absolute atomic E-state index is 0.0800. The molecular weight excluding hydrogens is 510 g/mol. The fraction of sp³-hybridized carbons (Fsp3) is 0.393. The topological polar surface area (TPSA) is 108 Å². The van der Waals surface area contributed by atoms with Gasteiger partial charge in [0.1, 0.15) is 11.4 Å². The summed E-state index contributed by atoms with van der Waals surface area (Å²) < 4.78 is 17.6. The first-order chi connectivity index (χ1) is 18.0. The van der Waals surface area contributed by atoms with Gasteiger partial charge in [-0.2, -0.15) is 0 Å². The van der Waals surface area contributed by atoms with Crippen LogP contribution in [0.5, 0.6) is 5.75 Å². The van der Waals surface area contributed by atoms with Crippen molar-refractivity contribution in [2.24, 2.45) is 0 Å². The monoisotopic (exact) mass is 543 g/mol. The molecule has 0 aliphatic heterocycles. The molecule has 38 heavy (non-hydrogen) atoms. The number of hydrogen-bond donors (Lipinski definition) is 2. The Hall–Kier alpha value is -3.56. The van der Waals surface area contributed by atoms with Crippen molar-refractivity contribution in [3.8, 4) is 5.75 Å². The second kappa shape index (κ2) is 12.8. The maximum absolute atomic E-state index is 13.4. The molecule has 2 amide bonds. The van der Waals surface area contributed by atoms with Crippen LogP contribution in [0, 0.1) is 6.92 Å². The molecule has 10 heteroatoms. The fourth-order valence-corrected chi connectivity index (χ4v) is 4.05. The van der Waals surface area contributed by atoms with Crippen LogP contribution >= 0.6 is 11.6 Å². The number of fused-ring (bicyclic) bond motifs is 1. The summed E-state index contributed by atoms with van der Waals surface area (Å²) in [6.45, 7) is 8.36. The van der Waals surface area contributed by atoms with E-state index in [1.54, 1.807) is 62.8 Å². The van der Waals surface area contributed by atoms with Crippen molar-refractivity contribution in [2.45, 2.75) is 39.7 Å². The molecule has 0 atom stereocenters. The van der Waals surface area contributed by atoms with E-state index in [1.807, 2.05) is 19.1 Å². The summed E-state index contributed by atoms with van der Waals surface area (Å²) in [6.07, 6.45) is -0.425. The van der Waals surface area contributed by atoms with Crippen molar-refractivity contribution in [1.82, 2.24) is 15.2 Å². The molecule has 3 aromatic rings. The number of amides is 2. The number of carbonyl (C=O) groups is 3. The number of rotatable bonds is 10. The van der Waals surface area contributed by atoms with Crippen LogP contribution in [0.4, 0.5) is 4.79 Å². The van der Waals surface area contributed by atoms with Crippen LogP contribution in [-0.2, 0) is 20.7 Å². The number of aromatic nitrogens is 1. The van der Waals surface area contributed by atoms with Gasteiger partial charge in [0.25, 0.3) is 5.91 Å². The number of nitrogens with one attached hydrogen (secondary N) is 2. The van der Waals surface area contributed by atoms with Gasteiger partial charge in [0.05, 0.1) is 32.3 Å². The second-order valence-electron chi connectivity index (χ2n) is 9.66. The summed E-state index contributed by atoms with van der Waals surface area (Å²) in [4.78, 5) is 37.8. The van der Waals surface area contributed by atoms with Crippen molar-refractivity contribution in [2.75, 3.05) is 33.4 Å². The average molecular weight is 544 g/mol. The van der Waals surface area contributed by atoms with Crippen molar-refractivity contribution < 1.29 is 28.6 Å². The lowest BCUT2D eigenvalue weighted by molar-refractivity contribution is -0.120. The normalized spacial score (nSPS) is 11.3. The largest absolute Gasteiger partial charge is 0.497 e. The number of halogens is 1. The van der Waals surface area contributed by atoms with E-state index in [9.17, 15) is 14.4 Å². The smallest absolute Gasteiger partial charge is 0.407 e. The number of ether oxygens (including phenoxy) is 3. The number of hydrogen-bond acceptors (Lipinski definition) is 6. The van der Waals surface area contributed by atoms with Crippen molar-refractivity contribution in [3.63, 3.8) is 0 Å². The summed E-state index contributed by atoms with van der Waals surface area (Å²) in [5.41, 5.74) is 2.02. The van der Waals surface area contributed by atoms with E-state index in [-0.39, 0.29) is 31.4 Å². The molecule has 0 aliphatic carbocycles. The molecule has 3 rings (SSSR count). The highest BCUT2D eigenvalue weighted by atomic mass is 35.5. The molecular formula is C28H34ClN3O6. The van der Waals surface area contributed by atoms with Gasteiger partial charge in [-0.25, -0.2) is 4.79 Å². The zero-order chi connectivity index (χ0) is 27.9. The third-order valence-electron chi connectivity index (χ3n) is 5.66. The quantitative estimate of drug-likeness (QED) is 0.365. The Balaban J connectivity index is 1.62. The van der Waals surface area contributed by atoms with Gasteiger partial charge in [-0.3, -0.25) is 14.2 Å². The lowest BCUT2D eigenvalue weighted by Gasteiger charge is -2.19. The maximum atomic E-state index is 13.4. The molecule has 0 bridgehead atoms. The number of alkyl carbamates (subject to hydrolysis) is 1. The highest BCUT2D eigenvalue weighted by molar-refractivity contribution is 6.30. The van der Waals surface area contributed by atoms with Gasteiger partial charge < -0.3 is 24.8 Å². The predicted molar refractivity (Wildman–Crippen MR) is 146 cm³/mol. The zero-order valence-corrected chi connectivity index (χ0v) is 23.1. The Labute approximate surface area is 227 Å². The number of carbonyl (C=O) groups excluding carboxylic acids is 3. The molecule has 2 N–H and O–H groups in total. The number of benzene rings is 2. The van der Waals surface area contributed by atoms with Gasteiger partial charge in [-0.05, 0) is 75.7 Å². The summed E-state index contributed by atoms with van der Waals surface area (Å²) in [5, 5.41) is 6.76. The van der Waals surface area contributed by atoms with Gasteiger partial charge >= 0.3 is 6.09 Å². The van der Waals surface area contributed by atoms with Crippen LogP contribution in [0.2, 0.25) is 5.02 Å². The number of nitrogens with zero attached hydrogens (tertiary/aromatic N) is 1. The predicted octanol–water partition coefficient (Wildman–Crippen LogP) is 4.50. The summed E-state index contributed by atoms with van der Waals surface area (Å²) in [6, 6.07) is 12.1. The van der Waals surface area contributed by atoms with Crippen LogP contribution < -0.4 is 15.4 Å². The van der Waals surface area contributed by atoms with Crippen molar-refractivity contribution in [1.29, 1.82) is 0 Å². The molecule has 0 spiro atoms. The summed E-state index contributed by atoms with van der Waals surface area (Å²) >= 11 is 5.99. The first-order valence-corrected chi connectivity index (χ1v) is 12.7. The Morgan fingerprint density at radius 1 is 0.974 bits per heavy atom. The third kappa shape index (κ3) is 7.72. The highest BCUT2D eigenvalue weighted by Crippen LogP contribution is 2.30. The fourth-order valence-electron chi connectivity index (χ4n) is 3.92. The van der Waals surface area contributed by atoms with E-state index in [2.05, 4.69) is 10.6 Å². The van der Waals surface area contributed by atoms with E-state index < -0.39 is 11.7 Å². The maximum Gasteiger partial charge on any atom is 0.407 e. The average Bonchev–Trinajstić information content (AvgIpc) is 3.12. The van der Waals surface area contributed by atoms with E-state index >= 15 is 0 Å². The van der Waals surface area contributed by atoms with Gasteiger partial charge in [0.2, 0.25) is 5.91 Å². The minimum atomic E-state index is -0.561. The first kappa shape index (κ1) is 29.0. The molecule has 0 saturated carbocycles. The minimum Gasteiger partial charge on any atom is -0.497 e. The van der Waals surface area contributed by atoms with Gasteiger partial charge in [-0.1, -0.05) is 11.6 Å². The Kier molecular flexibility index (Phi) is 9.77. The van der Waals surface area contributed by atoms with Crippen LogP contribution in [0.15, 0.2) is 42.5 Å². The van der Waals surface area contributed by atoms with Crippen LogP contribution in [0.25, 0.3) is 10.9 Å². The van der Waals surface area contributed by atoms with E-state index in [0.717, 1.165) is 10.9 Å². The number of methoxy groups -OCH3 is 1. The lowest BCUT2D eigenvalue weighted by atomic mass is 10.1. The van der Waals surface area contributed by atoms with E-state index in [1.165, 1.54) is 0 Å². The Morgan fingerprint density at radius 2 is 1.63 bits per heavy atom. The summed E-state index contributed by atoms with van der Waals surface area (Å²) in [5.74, 6) is 0.211. The van der Waals surface area contributed by atoms with Crippen LogP contribution in [0.1, 0.15) is 42.4 Å². The first-order valence-electron chi connectivity index (χ1n) is 12.3. The summed E-state index contributed by atoms with van der Waals surface area (Å²) in [7, 11) is 1.57. The molecule has 0 unspecified atom stereocenters. The molecule has 0 aliphatic rings. The van der Waals surface area contributed by atoms with Crippen LogP contribution in [0.3, 0.4) is 0 Å². The van der Waals surface area contributed by atoms with Gasteiger partial charge in [0.15, 0.2) is 0 Å².